The molecular formula is C2H4F2OTi. The summed E-state index contributed by atoms with van der Waals surface area (Å²) in [5, 5.41) is 1.25. The predicted octanol–water partition coefficient (Wildman–Crippen LogP) is 1.57. The Labute approximate surface area is 49.7 Å². The first kappa shape index (κ1) is 16.3. The summed E-state index contributed by atoms with van der Waals surface area (Å²) in [5.74, 6) is 0. The van der Waals surface area contributed by atoms with Gasteiger partial charge in [0.15, 0.2) is 0 Å². The molecule has 0 N–H and O–H groups in total. The van der Waals surface area contributed by atoms with Crippen molar-refractivity contribution in [2.75, 3.05) is 0 Å². The van der Waals surface area contributed by atoms with Gasteiger partial charge in [-0.25, -0.2) is 0 Å². The van der Waals surface area contributed by atoms with Crippen molar-refractivity contribution in [1.82, 2.24) is 0 Å². The molecule has 1 nitrogen and oxygen atoms in total. The van der Waals surface area contributed by atoms with Gasteiger partial charge in [-0.15, -0.1) is 13.2 Å². The van der Waals surface area contributed by atoms with Crippen LogP contribution in [0, 0.1) is 0 Å². The van der Waals surface area contributed by atoms with Crippen LogP contribution in [-0.2, 0) is 26.9 Å². The van der Waals surface area contributed by atoms with E-state index in [1.165, 1.54) is 5.15 Å². The SMILES string of the molecule is C=C.FOF.[Ti]. The number of halogens is 2. The molecule has 0 saturated heterocycles. The van der Waals surface area contributed by atoms with Crippen molar-refractivity contribution in [3.8, 4) is 0 Å². The Morgan fingerprint density at radius 2 is 1.17 bits per heavy atom. The van der Waals surface area contributed by atoms with Crippen molar-refractivity contribution in [1.29, 1.82) is 0 Å². The minimum Gasteiger partial charge on any atom is -0.106 e. The molecule has 0 atom stereocenters. The maximum Gasteiger partial charge on any atom is 0.0209 e. The third-order valence-corrected chi connectivity index (χ3v) is 0. The second-order valence-electron chi connectivity index (χ2n) is 0.0583. The van der Waals surface area contributed by atoms with Crippen molar-refractivity contribution in [3.63, 3.8) is 0 Å². The van der Waals surface area contributed by atoms with Crippen LogP contribution in [0.3, 0.4) is 0 Å². The summed E-state index contributed by atoms with van der Waals surface area (Å²) in [6.07, 6.45) is 0. The van der Waals surface area contributed by atoms with Crippen LogP contribution in [0.1, 0.15) is 0 Å². The Balaban J connectivity index is -0.0000000275. The van der Waals surface area contributed by atoms with E-state index in [4.69, 9.17) is 9.05 Å². The molecule has 0 heterocycles. The van der Waals surface area contributed by atoms with E-state index in [0.717, 1.165) is 0 Å². The van der Waals surface area contributed by atoms with Crippen LogP contribution < -0.4 is 0 Å². The van der Waals surface area contributed by atoms with Gasteiger partial charge in [0.05, 0.1) is 0 Å². The Morgan fingerprint density at radius 3 is 1.17 bits per heavy atom. The van der Waals surface area contributed by atoms with Crippen LogP contribution in [-0.4, -0.2) is 0 Å². The first-order valence-electron chi connectivity index (χ1n) is 0.809. The third-order valence-electron chi connectivity index (χ3n) is 0. The van der Waals surface area contributed by atoms with Gasteiger partial charge in [0.1, 0.15) is 0 Å². The van der Waals surface area contributed by atoms with Gasteiger partial charge in [-0.2, -0.15) is 0 Å². The fraction of sp³-hybridized carbons (Fsp3) is 0. The van der Waals surface area contributed by atoms with Crippen molar-refractivity contribution in [2.45, 2.75) is 0 Å². The molecule has 0 aliphatic carbocycles. The summed E-state index contributed by atoms with van der Waals surface area (Å²) in [6.45, 7) is 6.00. The van der Waals surface area contributed by atoms with Crippen molar-refractivity contribution in [2.24, 2.45) is 0 Å². The predicted molar refractivity (Wildman–Crippen MR) is 14.6 cm³/mol. The monoisotopic (exact) mass is 130 g/mol. The molecule has 0 spiro atoms. The summed E-state index contributed by atoms with van der Waals surface area (Å²) in [5.41, 5.74) is 0. The van der Waals surface area contributed by atoms with Crippen LogP contribution in [0.4, 0.5) is 9.05 Å². The minimum absolute atomic E-state index is 0. The third kappa shape index (κ3) is 609. The van der Waals surface area contributed by atoms with Gasteiger partial charge in [-0.05, 0) is 9.05 Å². The van der Waals surface area contributed by atoms with E-state index in [1.54, 1.807) is 0 Å². The van der Waals surface area contributed by atoms with E-state index in [-0.39, 0.29) is 21.7 Å². The molecule has 0 bridgehead atoms. The first-order valence-corrected chi connectivity index (χ1v) is 0.809. The average molecular weight is 130 g/mol. The largest absolute Gasteiger partial charge is 0.106 e. The molecular weight excluding hydrogens is 126 g/mol. The summed E-state index contributed by atoms with van der Waals surface area (Å²) in [7, 11) is 0. The molecule has 0 aliphatic heterocycles. The Hall–Kier alpha value is 0.274. The molecule has 0 radical (unpaired) electrons. The number of hydrogen-bond acceptors (Lipinski definition) is 1. The van der Waals surface area contributed by atoms with Gasteiger partial charge in [0, 0.05) is 26.9 Å². The van der Waals surface area contributed by atoms with Crippen LogP contribution in [0.25, 0.3) is 0 Å². The zero-order valence-electron chi connectivity index (χ0n) is 3.08. The topological polar surface area (TPSA) is 9.23 Å². The zero-order chi connectivity index (χ0) is 4.71. The maximum absolute atomic E-state index is 9.12. The van der Waals surface area contributed by atoms with Crippen molar-refractivity contribution < 1.29 is 35.9 Å². The summed E-state index contributed by atoms with van der Waals surface area (Å²) in [6, 6.07) is 0. The molecule has 0 aromatic heterocycles. The second-order valence-corrected chi connectivity index (χ2v) is 0.0583. The maximum atomic E-state index is 9.12. The van der Waals surface area contributed by atoms with Crippen LogP contribution in [0.5, 0.6) is 0 Å². The van der Waals surface area contributed by atoms with Crippen LogP contribution in [0.15, 0.2) is 13.2 Å². The quantitative estimate of drug-likeness (QED) is 0.357. The van der Waals surface area contributed by atoms with Gasteiger partial charge in [-0.1, -0.05) is 0 Å². The molecule has 0 aliphatic rings. The molecule has 0 fully saturated rings. The molecule has 0 unspecified atom stereocenters. The van der Waals surface area contributed by atoms with Gasteiger partial charge in [-0.3, -0.25) is 0 Å². The van der Waals surface area contributed by atoms with Gasteiger partial charge < -0.3 is 0 Å². The Bertz CT molecular complexity index is 15.5. The van der Waals surface area contributed by atoms with E-state index in [2.05, 4.69) is 13.2 Å². The standard InChI is InChI=1S/C2H4.F2O.Ti/c1-2;1-3-2;/h1-2H2;;. The van der Waals surface area contributed by atoms with Gasteiger partial charge >= 0.3 is 0 Å². The molecule has 0 amide bonds. The fourth-order valence-corrected chi connectivity index (χ4v) is 0. The second kappa shape index (κ2) is 59.3. The van der Waals surface area contributed by atoms with Crippen molar-refractivity contribution in [3.05, 3.63) is 13.2 Å². The summed E-state index contributed by atoms with van der Waals surface area (Å²) in [4.78, 5) is 0. The van der Waals surface area contributed by atoms with Crippen LogP contribution in [0.2, 0.25) is 0 Å². The molecule has 0 aromatic carbocycles. The van der Waals surface area contributed by atoms with E-state index in [0.29, 0.717) is 0 Å². The first-order chi connectivity index (χ1) is 2.41. The summed E-state index contributed by atoms with van der Waals surface area (Å²) < 4.78 is 18.2. The molecule has 4 heteroatoms. The molecule has 0 aromatic rings. The van der Waals surface area contributed by atoms with E-state index in [1.807, 2.05) is 0 Å². The van der Waals surface area contributed by atoms with Crippen LogP contribution >= 0.6 is 0 Å². The average Bonchev–Trinajstić information content (AvgIpc) is 1.46. The normalized spacial score (nSPS) is 3.67. The summed E-state index contributed by atoms with van der Waals surface area (Å²) >= 11 is 0. The smallest absolute Gasteiger partial charge is 0.0209 e. The molecule has 6 heavy (non-hydrogen) atoms. The zero-order valence-corrected chi connectivity index (χ0v) is 4.64. The van der Waals surface area contributed by atoms with E-state index < -0.39 is 0 Å². The fourth-order valence-electron chi connectivity index (χ4n) is 0. The van der Waals surface area contributed by atoms with Gasteiger partial charge in [0.25, 0.3) is 0 Å². The Kier molecular flexibility index (Phi) is 161. The molecule has 36 valence electrons. The minimum atomic E-state index is 0. The number of hydrogen-bond donors (Lipinski definition) is 0. The van der Waals surface area contributed by atoms with Crippen molar-refractivity contribution >= 4 is 0 Å². The van der Waals surface area contributed by atoms with E-state index in [9.17, 15) is 0 Å². The Morgan fingerprint density at radius 1 is 1.17 bits per heavy atom. The molecule has 0 rings (SSSR count). The van der Waals surface area contributed by atoms with E-state index >= 15 is 0 Å². The number of rotatable bonds is 0. The molecule has 0 saturated carbocycles. The van der Waals surface area contributed by atoms with Gasteiger partial charge in [0.2, 0.25) is 0 Å².